The molecule has 0 unspecified atom stereocenters. The van der Waals surface area contributed by atoms with Crippen LogP contribution in [0, 0.1) is 11.8 Å². The fourth-order valence-electron chi connectivity index (χ4n) is 1.68. The Morgan fingerprint density at radius 1 is 1.50 bits per heavy atom. The summed E-state index contributed by atoms with van der Waals surface area (Å²) in [7, 11) is 1.62. The molecule has 2 N–H and O–H groups in total. The number of hydrogen-bond donors (Lipinski definition) is 1. The molecule has 0 aromatic carbocycles. The molecule has 0 spiro atoms. The van der Waals surface area contributed by atoms with Gasteiger partial charge in [0.15, 0.2) is 0 Å². The first-order chi connectivity index (χ1) is 9.60. The van der Waals surface area contributed by atoms with Gasteiger partial charge in [0.2, 0.25) is 0 Å². The molecular formula is C15H21N3O2. The van der Waals surface area contributed by atoms with Gasteiger partial charge in [-0.1, -0.05) is 11.8 Å². The number of carbonyl (C=O) groups is 1. The third kappa shape index (κ3) is 4.65. The fraction of sp³-hybridized carbons (Fsp3) is 0.467. The number of ether oxygens (including phenoxy) is 1. The lowest BCUT2D eigenvalue weighted by atomic mass is 10.2. The van der Waals surface area contributed by atoms with Crippen molar-refractivity contribution in [2.24, 2.45) is 5.73 Å². The highest BCUT2D eigenvalue weighted by Gasteiger charge is 2.19. The minimum atomic E-state index is -0.101. The van der Waals surface area contributed by atoms with Crippen molar-refractivity contribution >= 4 is 5.91 Å². The van der Waals surface area contributed by atoms with Gasteiger partial charge < -0.3 is 15.4 Å². The molecule has 20 heavy (non-hydrogen) atoms. The maximum absolute atomic E-state index is 12.4. The maximum Gasteiger partial charge on any atom is 0.272 e. The van der Waals surface area contributed by atoms with E-state index in [-0.39, 0.29) is 11.9 Å². The van der Waals surface area contributed by atoms with Gasteiger partial charge in [-0.25, -0.2) is 4.98 Å². The topological polar surface area (TPSA) is 68.5 Å². The third-order valence-corrected chi connectivity index (χ3v) is 2.74. The van der Waals surface area contributed by atoms with Crippen LogP contribution in [0.4, 0.5) is 0 Å². The molecule has 1 rings (SSSR count). The van der Waals surface area contributed by atoms with Crippen LogP contribution in [0.5, 0.6) is 0 Å². The molecule has 5 heteroatoms. The Morgan fingerprint density at radius 2 is 2.25 bits per heavy atom. The molecule has 1 aromatic rings. The summed E-state index contributed by atoms with van der Waals surface area (Å²) >= 11 is 0. The molecule has 0 aliphatic carbocycles. The van der Waals surface area contributed by atoms with Gasteiger partial charge in [-0.3, -0.25) is 4.79 Å². The van der Waals surface area contributed by atoms with E-state index in [0.29, 0.717) is 25.4 Å². The fourth-order valence-corrected chi connectivity index (χ4v) is 1.68. The number of carbonyl (C=O) groups excluding carboxylic acids is 1. The number of amides is 1. The molecule has 0 atom stereocenters. The van der Waals surface area contributed by atoms with Crippen molar-refractivity contribution in [3.63, 3.8) is 0 Å². The number of pyridine rings is 1. The van der Waals surface area contributed by atoms with Gasteiger partial charge in [-0.05, 0) is 26.0 Å². The Kier molecular flexibility index (Phi) is 6.71. The van der Waals surface area contributed by atoms with Crippen molar-refractivity contribution in [1.29, 1.82) is 0 Å². The van der Waals surface area contributed by atoms with Gasteiger partial charge in [-0.15, -0.1) is 0 Å². The monoisotopic (exact) mass is 275 g/mol. The number of hydrogen-bond acceptors (Lipinski definition) is 4. The molecule has 0 bridgehead atoms. The van der Waals surface area contributed by atoms with Crippen molar-refractivity contribution in [2.75, 3.05) is 26.8 Å². The first-order valence-corrected chi connectivity index (χ1v) is 6.55. The highest BCUT2D eigenvalue weighted by molar-refractivity contribution is 5.92. The molecule has 5 nitrogen and oxygen atoms in total. The highest BCUT2D eigenvalue weighted by Crippen LogP contribution is 2.07. The summed E-state index contributed by atoms with van der Waals surface area (Å²) in [6, 6.07) is 3.55. The third-order valence-electron chi connectivity index (χ3n) is 2.74. The van der Waals surface area contributed by atoms with E-state index in [0.717, 1.165) is 5.56 Å². The molecular weight excluding hydrogens is 254 g/mol. The van der Waals surface area contributed by atoms with Gasteiger partial charge in [0, 0.05) is 31.5 Å². The van der Waals surface area contributed by atoms with Crippen molar-refractivity contribution in [1.82, 2.24) is 9.88 Å². The summed E-state index contributed by atoms with van der Waals surface area (Å²) in [5.41, 5.74) is 6.47. The highest BCUT2D eigenvalue weighted by atomic mass is 16.5. The molecule has 0 saturated carbocycles. The smallest absolute Gasteiger partial charge is 0.272 e. The normalized spacial score (nSPS) is 10.1. The van der Waals surface area contributed by atoms with Gasteiger partial charge in [0.05, 0.1) is 13.2 Å². The average molecular weight is 275 g/mol. The van der Waals surface area contributed by atoms with Crippen molar-refractivity contribution in [3.8, 4) is 11.8 Å². The van der Waals surface area contributed by atoms with Crippen molar-refractivity contribution in [2.45, 2.75) is 19.9 Å². The Balaban J connectivity index is 2.83. The summed E-state index contributed by atoms with van der Waals surface area (Å²) in [5, 5.41) is 0. The molecule has 0 aliphatic rings. The Hall–Kier alpha value is -1.90. The molecule has 1 heterocycles. The van der Waals surface area contributed by atoms with E-state index in [2.05, 4.69) is 16.8 Å². The van der Waals surface area contributed by atoms with E-state index >= 15 is 0 Å². The Labute approximate surface area is 120 Å². The van der Waals surface area contributed by atoms with Gasteiger partial charge in [0.1, 0.15) is 5.69 Å². The molecule has 0 fully saturated rings. The number of rotatable bonds is 5. The molecule has 1 aromatic heterocycles. The summed E-state index contributed by atoms with van der Waals surface area (Å²) in [6.07, 6.45) is 1.59. The van der Waals surface area contributed by atoms with Crippen LogP contribution < -0.4 is 5.73 Å². The molecule has 0 saturated heterocycles. The quantitative estimate of drug-likeness (QED) is 0.810. The average Bonchev–Trinajstić information content (AvgIpc) is 2.45. The van der Waals surface area contributed by atoms with Crippen molar-refractivity contribution < 1.29 is 9.53 Å². The SMILES string of the molecule is COCCN(C(=O)c1ccc(C#CCN)cn1)C(C)C. The van der Waals surface area contributed by atoms with Crippen LogP contribution in [0.1, 0.15) is 29.9 Å². The second-order valence-electron chi connectivity index (χ2n) is 4.52. The lowest BCUT2D eigenvalue weighted by molar-refractivity contribution is 0.0629. The molecule has 0 aliphatic heterocycles. The van der Waals surface area contributed by atoms with E-state index in [9.17, 15) is 4.79 Å². The van der Waals surface area contributed by atoms with Crippen LogP contribution >= 0.6 is 0 Å². The van der Waals surface area contributed by atoms with E-state index in [1.807, 2.05) is 13.8 Å². The van der Waals surface area contributed by atoms with Crippen LogP contribution in [0.2, 0.25) is 0 Å². The largest absolute Gasteiger partial charge is 0.383 e. The Bertz CT molecular complexity index is 486. The first kappa shape index (κ1) is 16.2. The number of methoxy groups -OCH3 is 1. The predicted molar refractivity (Wildman–Crippen MR) is 78.2 cm³/mol. The Morgan fingerprint density at radius 3 is 2.75 bits per heavy atom. The maximum atomic E-state index is 12.4. The minimum Gasteiger partial charge on any atom is -0.383 e. The number of nitrogens with two attached hydrogens (primary N) is 1. The van der Waals surface area contributed by atoms with Crippen LogP contribution in [-0.2, 0) is 4.74 Å². The summed E-state index contributed by atoms with van der Waals surface area (Å²) in [5.74, 6) is 5.52. The van der Waals surface area contributed by atoms with E-state index in [1.54, 1.807) is 30.3 Å². The second-order valence-corrected chi connectivity index (χ2v) is 4.52. The summed E-state index contributed by atoms with van der Waals surface area (Å²) in [4.78, 5) is 18.3. The van der Waals surface area contributed by atoms with Gasteiger partial charge in [-0.2, -0.15) is 0 Å². The van der Waals surface area contributed by atoms with Crippen molar-refractivity contribution in [3.05, 3.63) is 29.6 Å². The summed E-state index contributed by atoms with van der Waals surface area (Å²) in [6.45, 7) is 5.29. The minimum absolute atomic E-state index is 0.0937. The van der Waals surface area contributed by atoms with E-state index in [1.165, 1.54) is 0 Å². The molecule has 108 valence electrons. The lowest BCUT2D eigenvalue weighted by Gasteiger charge is -2.26. The van der Waals surface area contributed by atoms with Crippen LogP contribution in [0.25, 0.3) is 0 Å². The lowest BCUT2D eigenvalue weighted by Crippen LogP contribution is -2.39. The van der Waals surface area contributed by atoms with Crippen LogP contribution in [0.15, 0.2) is 18.3 Å². The summed E-state index contributed by atoms with van der Waals surface area (Å²) < 4.78 is 5.03. The van der Waals surface area contributed by atoms with Crippen LogP contribution in [0.3, 0.4) is 0 Å². The second kappa shape index (κ2) is 8.31. The molecule has 1 amide bonds. The number of aromatic nitrogens is 1. The standard InChI is InChI=1S/C15H21N3O2/c1-12(2)18(9-10-20-3)15(19)14-7-6-13(11-17-14)5-4-8-16/h6-7,11-12H,8-10,16H2,1-3H3. The van der Waals surface area contributed by atoms with E-state index in [4.69, 9.17) is 10.5 Å². The van der Waals surface area contributed by atoms with Crippen LogP contribution in [-0.4, -0.2) is 48.6 Å². The zero-order valence-corrected chi connectivity index (χ0v) is 12.2. The zero-order chi connectivity index (χ0) is 15.0. The zero-order valence-electron chi connectivity index (χ0n) is 12.2. The predicted octanol–water partition coefficient (Wildman–Crippen LogP) is 0.889. The van der Waals surface area contributed by atoms with Gasteiger partial charge >= 0.3 is 0 Å². The van der Waals surface area contributed by atoms with Gasteiger partial charge in [0.25, 0.3) is 5.91 Å². The number of nitrogens with zero attached hydrogens (tertiary/aromatic N) is 2. The first-order valence-electron chi connectivity index (χ1n) is 6.55. The molecule has 0 radical (unpaired) electrons. The van der Waals surface area contributed by atoms with E-state index < -0.39 is 0 Å².